The van der Waals surface area contributed by atoms with Gasteiger partial charge < -0.3 is 19.7 Å². The third-order valence-electron chi connectivity index (χ3n) is 4.82. The van der Waals surface area contributed by atoms with Crippen molar-refractivity contribution in [2.24, 2.45) is 5.92 Å². The Balaban J connectivity index is 1.87. The minimum atomic E-state index is -4.60. The molecule has 0 spiro atoms. The van der Waals surface area contributed by atoms with Crippen molar-refractivity contribution in [2.45, 2.75) is 56.8 Å². The number of methoxy groups -OCH3 is 1. The Hall–Kier alpha value is -2.00. The number of alkyl halides is 3. The van der Waals surface area contributed by atoms with Crippen LogP contribution in [0.2, 0.25) is 0 Å². The number of rotatable bonds is 5. The van der Waals surface area contributed by atoms with Crippen molar-refractivity contribution in [3.05, 3.63) is 0 Å². The van der Waals surface area contributed by atoms with Crippen molar-refractivity contribution in [2.75, 3.05) is 20.3 Å². The van der Waals surface area contributed by atoms with E-state index in [2.05, 4.69) is 10.1 Å². The van der Waals surface area contributed by atoms with Gasteiger partial charge >= 0.3 is 18.2 Å². The Morgan fingerprint density at radius 1 is 1.19 bits per heavy atom. The molecular weight excluding hydrogens is 357 g/mol. The van der Waals surface area contributed by atoms with Gasteiger partial charge in [0.05, 0.1) is 7.11 Å². The zero-order chi connectivity index (χ0) is 19.3. The molecule has 1 saturated heterocycles. The Morgan fingerprint density at radius 2 is 1.88 bits per heavy atom. The molecule has 0 aromatic heterocycles. The SMILES string of the molecule is COC(=O)[C@@H]1C[C@H]2CCCC[C@H]2N1C(=O)CCNC(=O)OCC(F)(F)F. The molecule has 7 nitrogen and oxygen atoms in total. The number of carbonyl (C=O) groups excluding carboxylic acids is 3. The number of nitrogens with zero attached hydrogens (tertiary/aromatic N) is 1. The van der Waals surface area contributed by atoms with Crippen LogP contribution in [0.1, 0.15) is 38.5 Å². The third-order valence-corrected chi connectivity index (χ3v) is 4.82. The van der Waals surface area contributed by atoms with Crippen LogP contribution in [0.15, 0.2) is 0 Å². The smallest absolute Gasteiger partial charge is 0.422 e. The maximum atomic E-state index is 12.6. The summed E-state index contributed by atoms with van der Waals surface area (Å²) < 4.78 is 44.7. The van der Waals surface area contributed by atoms with Gasteiger partial charge in [-0.1, -0.05) is 12.8 Å². The molecule has 0 unspecified atom stereocenters. The Bertz CT molecular complexity index is 540. The number of alkyl carbamates (subject to hydrolysis) is 1. The van der Waals surface area contributed by atoms with Gasteiger partial charge in [-0.05, 0) is 25.2 Å². The minimum Gasteiger partial charge on any atom is -0.467 e. The van der Waals surface area contributed by atoms with Gasteiger partial charge in [0.15, 0.2) is 6.61 Å². The minimum absolute atomic E-state index is 0.0301. The quantitative estimate of drug-likeness (QED) is 0.738. The average Bonchev–Trinajstić information content (AvgIpc) is 2.98. The highest BCUT2D eigenvalue weighted by atomic mass is 19.4. The second-order valence-electron chi connectivity index (χ2n) is 6.56. The molecular formula is C16H23F3N2O5. The van der Waals surface area contributed by atoms with Crippen molar-refractivity contribution in [3.63, 3.8) is 0 Å². The van der Waals surface area contributed by atoms with Crippen molar-refractivity contribution in [1.29, 1.82) is 0 Å². The van der Waals surface area contributed by atoms with Gasteiger partial charge in [-0.15, -0.1) is 0 Å². The first-order chi connectivity index (χ1) is 12.2. The topological polar surface area (TPSA) is 84.9 Å². The van der Waals surface area contributed by atoms with Gasteiger partial charge in [0, 0.05) is 19.0 Å². The van der Waals surface area contributed by atoms with Crippen molar-refractivity contribution >= 4 is 18.0 Å². The number of halogens is 3. The van der Waals surface area contributed by atoms with E-state index in [1.165, 1.54) is 7.11 Å². The van der Waals surface area contributed by atoms with Crippen LogP contribution in [-0.2, 0) is 19.1 Å². The van der Waals surface area contributed by atoms with Crippen LogP contribution >= 0.6 is 0 Å². The van der Waals surface area contributed by atoms with Crippen LogP contribution in [-0.4, -0.2) is 61.4 Å². The molecule has 1 aliphatic heterocycles. The second-order valence-corrected chi connectivity index (χ2v) is 6.56. The number of esters is 1. The standard InChI is InChI=1S/C16H23F3N2O5/c1-25-14(23)12-8-10-4-2-3-5-11(10)21(12)13(22)6-7-20-15(24)26-9-16(17,18)19/h10-12H,2-9H2,1H3,(H,20,24)/t10-,11-,12+/m1/s1. The molecule has 10 heteroatoms. The zero-order valence-corrected chi connectivity index (χ0v) is 14.5. The van der Waals surface area contributed by atoms with E-state index in [9.17, 15) is 27.6 Å². The highest BCUT2D eigenvalue weighted by Crippen LogP contribution is 2.40. The Morgan fingerprint density at radius 3 is 2.54 bits per heavy atom. The lowest BCUT2D eigenvalue weighted by Gasteiger charge is -2.33. The summed E-state index contributed by atoms with van der Waals surface area (Å²) in [5.74, 6) is -0.544. The monoisotopic (exact) mass is 380 g/mol. The summed E-state index contributed by atoms with van der Waals surface area (Å²) in [6.45, 7) is -1.86. The van der Waals surface area contributed by atoms with Crippen LogP contribution in [0.3, 0.4) is 0 Å². The molecule has 1 aliphatic carbocycles. The number of hydrogen-bond donors (Lipinski definition) is 1. The van der Waals surface area contributed by atoms with Gasteiger partial charge in [0.2, 0.25) is 5.91 Å². The molecule has 0 radical (unpaired) electrons. The molecule has 0 aromatic carbocycles. The van der Waals surface area contributed by atoms with Gasteiger partial charge in [-0.2, -0.15) is 13.2 Å². The fraction of sp³-hybridized carbons (Fsp3) is 0.812. The molecule has 0 aromatic rings. The van der Waals surface area contributed by atoms with Crippen LogP contribution < -0.4 is 5.32 Å². The van der Waals surface area contributed by atoms with E-state index in [4.69, 9.17) is 4.74 Å². The van der Waals surface area contributed by atoms with Gasteiger partial charge in [-0.25, -0.2) is 9.59 Å². The lowest BCUT2D eigenvalue weighted by molar-refractivity contribution is -0.160. The lowest BCUT2D eigenvalue weighted by atomic mass is 9.84. The van der Waals surface area contributed by atoms with Crippen molar-refractivity contribution in [3.8, 4) is 0 Å². The third kappa shape index (κ3) is 5.25. The fourth-order valence-corrected chi connectivity index (χ4v) is 3.76. The van der Waals surface area contributed by atoms with E-state index in [0.717, 1.165) is 25.7 Å². The fourth-order valence-electron chi connectivity index (χ4n) is 3.76. The molecule has 2 fully saturated rings. The van der Waals surface area contributed by atoms with E-state index in [1.54, 1.807) is 4.90 Å². The van der Waals surface area contributed by atoms with Crippen molar-refractivity contribution < 1.29 is 37.0 Å². The molecule has 148 valence electrons. The Labute approximate surface area is 149 Å². The number of nitrogens with one attached hydrogen (secondary N) is 1. The summed E-state index contributed by atoms with van der Waals surface area (Å²) in [6, 6.07) is -0.671. The average molecular weight is 380 g/mol. The number of hydrogen-bond acceptors (Lipinski definition) is 5. The normalized spacial score (nSPS) is 25.4. The highest BCUT2D eigenvalue weighted by molar-refractivity contribution is 5.86. The number of amides is 2. The van der Waals surface area contributed by atoms with Gasteiger partial charge in [0.25, 0.3) is 0 Å². The first-order valence-corrected chi connectivity index (χ1v) is 8.59. The van der Waals surface area contributed by atoms with Gasteiger partial charge in [0.1, 0.15) is 6.04 Å². The first-order valence-electron chi connectivity index (χ1n) is 8.59. The van der Waals surface area contributed by atoms with Crippen LogP contribution in [0.25, 0.3) is 0 Å². The zero-order valence-electron chi connectivity index (χ0n) is 14.5. The molecule has 1 N–H and O–H groups in total. The summed E-state index contributed by atoms with van der Waals surface area (Å²) in [5.41, 5.74) is 0. The molecule has 2 rings (SSSR count). The lowest BCUT2D eigenvalue weighted by Crippen LogP contribution is -2.47. The summed E-state index contributed by atoms with van der Waals surface area (Å²) in [5, 5.41) is 2.11. The molecule has 3 atom stereocenters. The molecule has 2 amide bonds. The summed E-state index contributed by atoms with van der Waals surface area (Å²) in [4.78, 5) is 37.3. The molecule has 1 heterocycles. The summed E-state index contributed by atoms with van der Waals surface area (Å²) in [7, 11) is 1.27. The van der Waals surface area contributed by atoms with Crippen LogP contribution in [0, 0.1) is 5.92 Å². The van der Waals surface area contributed by atoms with Crippen LogP contribution in [0.5, 0.6) is 0 Å². The predicted octanol–water partition coefficient (Wildman–Crippen LogP) is 2.00. The Kier molecular flexibility index (Phi) is 6.71. The molecule has 1 saturated carbocycles. The molecule has 26 heavy (non-hydrogen) atoms. The number of fused-ring (bicyclic) bond motifs is 1. The van der Waals surface area contributed by atoms with E-state index >= 15 is 0 Å². The number of likely N-dealkylation sites (tertiary alicyclic amines) is 1. The maximum Gasteiger partial charge on any atom is 0.422 e. The van der Waals surface area contributed by atoms with E-state index in [0.29, 0.717) is 6.42 Å². The van der Waals surface area contributed by atoms with E-state index in [-0.39, 0.29) is 30.8 Å². The maximum absolute atomic E-state index is 12.6. The first kappa shape index (κ1) is 20.3. The molecule has 0 bridgehead atoms. The van der Waals surface area contributed by atoms with Crippen LogP contribution in [0.4, 0.5) is 18.0 Å². The summed E-state index contributed by atoms with van der Waals surface area (Å²) in [6.07, 6.45) is -1.62. The van der Waals surface area contributed by atoms with Gasteiger partial charge in [-0.3, -0.25) is 4.79 Å². The number of ether oxygens (including phenoxy) is 2. The highest BCUT2D eigenvalue weighted by Gasteiger charge is 2.47. The molecule has 2 aliphatic rings. The predicted molar refractivity (Wildman–Crippen MR) is 83.0 cm³/mol. The second kappa shape index (κ2) is 8.59. The largest absolute Gasteiger partial charge is 0.467 e. The number of carbonyl (C=O) groups is 3. The van der Waals surface area contributed by atoms with E-state index < -0.39 is 30.9 Å². The van der Waals surface area contributed by atoms with E-state index in [1.807, 2.05) is 0 Å². The summed E-state index contributed by atoms with van der Waals surface area (Å²) >= 11 is 0. The van der Waals surface area contributed by atoms with Crippen molar-refractivity contribution in [1.82, 2.24) is 10.2 Å².